The van der Waals surface area contributed by atoms with Crippen LogP contribution in [0.4, 0.5) is 10.5 Å². The first kappa shape index (κ1) is 26.0. The molecule has 2 aromatic carbocycles. The van der Waals surface area contributed by atoms with Gasteiger partial charge >= 0.3 is 6.09 Å². The van der Waals surface area contributed by atoms with Crippen molar-refractivity contribution in [1.29, 1.82) is 5.26 Å². The minimum Gasteiger partial charge on any atom is -0.444 e. The predicted molar refractivity (Wildman–Crippen MR) is 128 cm³/mol. The van der Waals surface area contributed by atoms with E-state index in [4.69, 9.17) is 11.2 Å². The smallest absolute Gasteiger partial charge is 0.408 e. The molecular weight excluding hydrogens is 432 g/mol. The number of terminal acetylenes is 1. The van der Waals surface area contributed by atoms with Crippen molar-refractivity contribution in [3.8, 4) is 18.4 Å². The van der Waals surface area contributed by atoms with Gasteiger partial charge in [-0.3, -0.25) is 9.59 Å². The molecule has 34 heavy (non-hydrogen) atoms. The van der Waals surface area contributed by atoms with Crippen LogP contribution in [0, 0.1) is 30.6 Å². The first-order valence-corrected chi connectivity index (χ1v) is 10.6. The lowest BCUT2D eigenvalue weighted by molar-refractivity contribution is -0.137. The van der Waals surface area contributed by atoms with Gasteiger partial charge in [-0.2, -0.15) is 5.26 Å². The van der Waals surface area contributed by atoms with Crippen LogP contribution < -0.4 is 10.6 Å². The van der Waals surface area contributed by atoms with Crippen LogP contribution in [0.5, 0.6) is 0 Å². The molecule has 8 heteroatoms. The number of nitrogens with zero attached hydrogens (tertiary/aromatic N) is 2. The topological polar surface area (TPSA) is 112 Å². The van der Waals surface area contributed by atoms with Gasteiger partial charge in [0, 0.05) is 11.3 Å². The van der Waals surface area contributed by atoms with Gasteiger partial charge in [0.25, 0.3) is 5.91 Å². The molecule has 0 aromatic heterocycles. The van der Waals surface area contributed by atoms with Crippen LogP contribution in [0.15, 0.2) is 48.5 Å². The van der Waals surface area contributed by atoms with Crippen LogP contribution in [-0.2, 0) is 14.3 Å². The standard InChI is InChI=1S/C26H28N4O4/c1-6-19-11-13-20(14-12-19)23(24(32)29-21-10-8-7-9-18(21)2)30(16-15-27)22(31)17-28-25(33)34-26(3,4)5/h1,7-14,23H,16-17H2,2-5H3,(H,28,33)(H,29,32). The number of aryl methyl sites for hydroxylation is 1. The highest BCUT2D eigenvalue weighted by Gasteiger charge is 2.32. The van der Waals surface area contributed by atoms with Crippen LogP contribution in [0.2, 0.25) is 0 Å². The van der Waals surface area contributed by atoms with Crippen molar-refractivity contribution >= 4 is 23.6 Å². The number of anilines is 1. The summed E-state index contributed by atoms with van der Waals surface area (Å²) in [6.45, 7) is 6.10. The molecule has 0 aliphatic rings. The van der Waals surface area contributed by atoms with Gasteiger partial charge in [-0.05, 0) is 57.0 Å². The normalized spacial score (nSPS) is 11.4. The largest absolute Gasteiger partial charge is 0.444 e. The van der Waals surface area contributed by atoms with Crippen LogP contribution in [0.3, 0.4) is 0 Å². The van der Waals surface area contributed by atoms with E-state index in [0.717, 1.165) is 10.5 Å². The van der Waals surface area contributed by atoms with E-state index in [0.29, 0.717) is 16.8 Å². The van der Waals surface area contributed by atoms with E-state index in [1.54, 1.807) is 57.2 Å². The highest BCUT2D eigenvalue weighted by Crippen LogP contribution is 2.25. The number of rotatable bonds is 7. The second-order valence-corrected chi connectivity index (χ2v) is 8.51. The molecule has 3 amide bonds. The van der Waals surface area contributed by atoms with Crippen LogP contribution in [0.1, 0.15) is 43.5 Å². The predicted octanol–water partition coefficient (Wildman–Crippen LogP) is 3.53. The van der Waals surface area contributed by atoms with Crippen LogP contribution >= 0.6 is 0 Å². The molecule has 2 aromatic rings. The molecule has 1 unspecified atom stereocenters. The third-order valence-corrected chi connectivity index (χ3v) is 4.70. The molecule has 2 N–H and O–H groups in total. The monoisotopic (exact) mass is 460 g/mol. The Morgan fingerprint density at radius 1 is 1.12 bits per heavy atom. The Hall–Kier alpha value is -4.30. The van der Waals surface area contributed by atoms with E-state index >= 15 is 0 Å². The van der Waals surface area contributed by atoms with E-state index in [1.807, 2.05) is 25.1 Å². The molecule has 0 saturated heterocycles. The Morgan fingerprint density at radius 2 is 1.76 bits per heavy atom. The fourth-order valence-electron chi connectivity index (χ4n) is 3.11. The van der Waals surface area contributed by atoms with E-state index in [-0.39, 0.29) is 6.54 Å². The number of ether oxygens (including phenoxy) is 1. The summed E-state index contributed by atoms with van der Waals surface area (Å²) in [4.78, 5) is 39.6. The summed E-state index contributed by atoms with van der Waals surface area (Å²) in [5, 5.41) is 14.6. The van der Waals surface area contributed by atoms with E-state index < -0.39 is 36.1 Å². The van der Waals surface area contributed by atoms with Crippen LogP contribution in [-0.4, -0.2) is 41.5 Å². The van der Waals surface area contributed by atoms with Gasteiger partial charge < -0.3 is 20.3 Å². The van der Waals surface area contributed by atoms with Gasteiger partial charge in [-0.15, -0.1) is 6.42 Å². The minimum atomic E-state index is -1.14. The number of benzene rings is 2. The fourth-order valence-corrected chi connectivity index (χ4v) is 3.11. The summed E-state index contributed by atoms with van der Waals surface area (Å²) < 4.78 is 5.15. The molecule has 0 aliphatic heterocycles. The molecule has 0 bridgehead atoms. The second kappa shape index (κ2) is 11.5. The molecular formula is C26H28N4O4. The van der Waals surface area contributed by atoms with E-state index in [2.05, 4.69) is 16.6 Å². The summed E-state index contributed by atoms with van der Waals surface area (Å²) in [5.74, 6) is 1.37. The Bertz CT molecular complexity index is 1120. The van der Waals surface area contributed by atoms with Crippen LogP contribution in [0.25, 0.3) is 0 Å². The second-order valence-electron chi connectivity index (χ2n) is 8.51. The summed E-state index contributed by atoms with van der Waals surface area (Å²) >= 11 is 0. The average molecular weight is 461 g/mol. The van der Waals surface area contributed by atoms with Crippen molar-refractivity contribution in [3.05, 3.63) is 65.2 Å². The maximum Gasteiger partial charge on any atom is 0.408 e. The van der Waals surface area contributed by atoms with Crippen molar-refractivity contribution in [2.75, 3.05) is 18.4 Å². The average Bonchev–Trinajstić information content (AvgIpc) is 2.78. The Balaban J connectivity index is 2.36. The number of nitriles is 1. The van der Waals surface area contributed by atoms with Gasteiger partial charge in [0.2, 0.25) is 5.91 Å². The summed E-state index contributed by atoms with van der Waals surface area (Å²) in [5.41, 5.74) is 1.74. The van der Waals surface area contributed by atoms with Gasteiger partial charge in [0.1, 0.15) is 24.7 Å². The Labute approximate surface area is 199 Å². The van der Waals surface area contributed by atoms with Gasteiger partial charge in [-0.1, -0.05) is 36.3 Å². The third kappa shape index (κ3) is 7.39. The summed E-state index contributed by atoms with van der Waals surface area (Å²) in [6.07, 6.45) is 4.65. The number of hydrogen-bond acceptors (Lipinski definition) is 5. The number of hydrogen-bond donors (Lipinski definition) is 2. The lowest BCUT2D eigenvalue weighted by Crippen LogP contribution is -2.46. The van der Waals surface area contributed by atoms with Crippen molar-refractivity contribution < 1.29 is 19.1 Å². The molecule has 0 aliphatic carbocycles. The Morgan fingerprint density at radius 3 is 2.32 bits per heavy atom. The SMILES string of the molecule is C#Cc1ccc(C(C(=O)Nc2ccccc2C)N(CC#N)C(=O)CNC(=O)OC(C)(C)C)cc1. The minimum absolute atomic E-state index is 0.377. The van der Waals surface area contributed by atoms with Crippen molar-refractivity contribution in [3.63, 3.8) is 0 Å². The van der Waals surface area contributed by atoms with Gasteiger partial charge in [0.15, 0.2) is 0 Å². The molecule has 8 nitrogen and oxygen atoms in total. The molecule has 2 rings (SSSR count). The van der Waals surface area contributed by atoms with Gasteiger partial charge in [-0.25, -0.2) is 4.79 Å². The lowest BCUT2D eigenvalue weighted by Gasteiger charge is -2.30. The van der Waals surface area contributed by atoms with Crippen molar-refractivity contribution in [2.45, 2.75) is 39.3 Å². The summed E-state index contributed by atoms with van der Waals surface area (Å²) in [6, 6.07) is 14.6. The number of alkyl carbamates (subject to hydrolysis) is 1. The molecule has 0 spiro atoms. The number of para-hydroxylation sites is 1. The number of nitrogens with one attached hydrogen (secondary N) is 2. The summed E-state index contributed by atoms with van der Waals surface area (Å²) in [7, 11) is 0. The maximum absolute atomic E-state index is 13.4. The van der Waals surface area contributed by atoms with Gasteiger partial charge in [0.05, 0.1) is 6.07 Å². The van der Waals surface area contributed by atoms with Crippen molar-refractivity contribution in [1.82, 2.24) is 10.2 Å². The number of amides is 3. The highest BCUT2D eigenvalue weighted by atomic mass is 16.6. The van der Waals surface area contributed by atoms with E-state index in [1.165, 1.54) is 0 Å². The quantitative estimate of drug-likeness (QED) is 0.485. The maximum atomic E-state index is 13.4. The molecule has 1 atom stereocenters. The first-order valence-electron chi connectivity index (χ1n) is 10.6. The van der Waals surface area contributed by atoms with Crippen molar-refractivity contribution in [2.24, 2.45) is 0 Å². The zero-order chi connectivity index (χ0) is 25.3. The number of carbonyl (C=O) groups is 3. The Kier molecular flexibility index (Phi) is 8.80. The number of carbonyl (C=O) groups excluding carboxylic acids is 3. The molecule has 0 heterocycles. The fraction of sp³-hybridized carbons (Fsp3) is 0.308. The molecule has 0 fully saturated rings. The highest BCUT2D eigenvalue weighted by molar-refractivity contribution is 5.99. The van der Waals surface area contributed by atoms with E-state index in [9.17, 15) is 19.6 Å². The zero-order valence-electron chi connectivity index (χ0n) is 19.7. The molecule has 176 valence electrons. The zero-order valence-corrected chi connectivity index (χ0v) is 19.7. The third-order valence-electron chi connectivity index (χ3n) is 4.70. The molecule has 0 radical (unpaired) electrons. The lowest BCUT2D eigenvalue weighted by atomic mass is 10.0. The first-order chi connectivity index (χ1) is 16.1. The molecule has 0 saturated carbocycles.